The lowest BCUT2D eigenvalue weighted by molar-refractivity contribution is -0.133. The summed E-state index contributed by atoms with van der Waals surface area (Å²) in [6.45, 7) is 3.20. The van der Waals surface area contributed by atoms with Gasteiger partial charge in [0, 0.05) is 72.9 Å². The number of nitrogens with zero attached hydrogens (tertiary/aromatic N) is 5. The highest BCUT2D eigenvalue weighted by atomic mass is 79.9. The zero-order valence-corrected chi connectivity index (χ0v) is 29.3. The third-order valence-electron chi connectivity index (χ3n) is 8.79. The van der Waals surface area contributed by atoms with Crippen LogP contribution in [0, 0.1) is 0 Å². The van der Waals surface area contributed by atoms with Crippen molar-refractivity contribution in [2.75, 3.05) is 55.2 Å². The van der Waals surface area contributed by atoms with E-state index in [9.17, 15) is 24.3 Å². The maximum atomic E-state index is 14.0. The molecular formula is C31H34Br2N8O5S. The Kier molecular flexibility index (Phi) is 9.89. The van der Waals surface area contributed by atoms with Crippen molar-refractivity contribution >= 4 is 83.6 Å². The second kappa shape index (κ2) is 14.1. The van der Waals surface area contributed by atoms with Crippen LogP contribution in [0.25, 0.3) is 0 Å². The summed E-state index contributed by atoms with van der Waals surface area (Å²) in [6.07, 6.45) is 2.85. The monoisotopic (exact) mass is 788 g/mol. The number of carboxylic acids is 1. The number of urea groups is 2. The number of carbonyl (C=O) groups is 4. The van der Waals surface area contributed by atoms with E-state index in [0.29, 0.717) is 78.4 Å². The normalized spacial score (nSPS) is 17.6. The van der Waals surface area contributed by atoms with Crippen molar-refractivity contribution in [3.8, 4) is 0 Å². The number of anilines is 3. The summed E-state index contributed by atoms with van der Waals surface area (Å²) in [6, 6.07) is 10.2. The first-order chi connectivity index (χ1) is 22.6. The van der Waals surface area contributed by atoms with Crippen LogP contribution in [0.5, 0.6) is 0 Å². The van der Waals surface area contributed by atoms with Gasteiger partial charge in [0.05, 0.1) is 11.9 Å². The molecule has 0 aliphatic carbocycles. The molecule has 2 aromatic carbocycles. The number of carboxylic acid groups (broad SMARTS) is 1. The quantitative estimate of drug-likeness (QED) is 0.256. The summed E-state index contributed by atoms with van der Waals surface area (Å²) in [5, 5.41) is 15.8. The molecular weight excluding hydrogens is 756 g/mol. The van der Waals surface area contributed by atoms with E-state index in [0.717, 1.165) is 28.2 Å². The number of aromatic nitrogens is 1. The Morgan fingerprint density at radius 1 is 1.04 bits per heavy atom. The molecule has 0 saturated carbocycles. The predicted octanol–water partition coefficient (Wildman–Crippen LogP) is 4.43. The fraction of sp³-hybridized carbons (Fsp3) is 0.387. The molecule has 3 aliphatic heterocycles. The molecule has 13 nitrogen and oxygen atoms in total. The lowest BCUT2D eigenvalue weighted by Crippen LogP contribution is -2.58. The first kappa shape index (κ1) is 33.0. The van der Waals surface area contributed by atoms with Crippen molar-refractivity contribution in [3.05, 3.63) is 67.5 Å². The minimum atomic E-state index is -1.02. The zero-order chi connectivity index (χ0) is 33.2. The fourth-order valence-electron chi connectivity index (χ4n) is 6.18. The smallest absolute Gasteiger partial charge is 0.347 e. The van der Waals surface area contributed by atoms with Gasteiger partial charge in [0.2, 0.25) is 5.91 Å². The maximum Gasteiger partial charge on any atom is 0.347 e. The van der Waals surface area contributed by atoms with E-state index in [4.69, 9.17) is 5.73 Å². The van der Waals surface area contributed by atoms with Crippen LogP contribution in [0.2, 0.25) is 0 Å². The minimum Gasteiger partial charge on any atom is -0.477 e. The molecule has 2 fully saturated rings. The highest BCUT2D eigenvalue weighted by Gasteiger charge is 2.35. The molecule has 2 saturated heterocycles. The predicted molar refractivity (Wildman–Crippen MR) is 186 cm³/mol. The number of piperidine rings is 1. The number of para-hydroxylation sites is 1. The number of benzene rings is 2. The number of carbonyl (C=O) groups excluding carboxylic acids is 3. The number of rotatable bonds is 7. The highest BCUT2D eigenvalue weighted by Crippen LogP contribution is 2.31. The van der Waals surface area contributed by atoms with Crippen molar-refractivity contribution in [2.24, 2.45) is 0 Å². The number of likely N-dealkylation sites (tertiary alicyclic amines) is 1. The van der Waals surface area contributed by atoms with E-state index in [2.05, 4.69) is 47.5 Å². The van der Waals surface area contributed by atoms with Crippen molar-refractivity contribution in [1.82, 2.24) is 25.0 Å². The summed E-state index contributed by atoms with van der Waals surface area (Å²) in [7, 11) is 0. The summed E-state index contributed by atoms with van der Waals surface area (Å²) in [5.41, 5.74) is 9.35. The number of hydrogen-bond donors (Lipinski definition) is 4. The third-order valence-corrected chi connectivity index (χ3v) is 11.2. The fourth-order valence-corrected chi connectivity index (χ4v) is 8.27. The maximum absolute atomic E-state index is 14.0. The van der Waals surface area contributed by atoms with Gasteiger partial charge in [-0.3, -0.25) is 4.79 Å². The summed E-state index contributed by atoms with van der Waals surface area (Å²) < 4.78 is 1.37. The molecule has 4 heterocycles. The van der Waals surface area contributed by atoms with Gasteiger partial charge in [-0.05, 0) is 74.0 Å². The first-order valence-corrected chi connectivity index (χ1v) is 17.6. The topological polar surface area (TPSA) is 164 Å². The Labute approximate surface area is 292 Å². The zero-order valence-electron chi connectivity index (χ0n) is 25.3. The molecule has 16 heteroatoms. The van der Waals surface area contributed by atoms with Crippen LogP contribution in [0.3, 0.4) is 0 Å². The molecule has 1 atom stereocenters. The molecule has 0 unspecified atom stereocenters. The average Bonchev–Trinajstić information content (AvgIpc) is 3.57. The number of fused-ring (bicyclic) bond motifs is 1. The van der Waals surface area contributed by atoms with Crippen LogP contribution >= 0.6 is 43.2 Å². The number of thiazole rings is 1. The van der Waals surface area contributed by atoms with E-state index in [1.807, 2.05) is 46.2 Å². The molecule has 5 amide bonds. The number of halogens is 2. The Bertz CT molecular complexity index is 1670. The Balaban J connectivity index is 1.11. The van der Waals surface area contributed by atoms with Gasteiger partial charge in [0.1, 0.15) is 10.9 Å². The van der Waals surface area contributed by atoms with Gasteiger partial charge in [-0.1, -0.05) is 29.5 Å². The van der Waals surface area contributed by atoms with E-state index >= 15 is 0 Å². The highest BCUT2D eigenvalue weighted by molar-refractivity contribution is 9.11. The second-order valence-electron chi connectivity index (χ2n) is 11.7. The summed E-state index contributed by atoms with van der Waals surface area (Å²) in [5.74, 6) is -1.22. The summed E-state index contributed by atoms with van der Waals surface area (Å²) >= 11 is 8.06. The number of nitrogen functional groups attached to an aromatic ring is 1. The largest absolute Gasteiger partial charge is 0.477 e. The Hall–Kier alpha value is -3.89. The van der Waals surface area contributed by atoms with Crippen LogP contribution in [0.1, 0.15) is 33.6 Å². The number of aromatic carboxylic acids is 1. The van der Waals surface area contributed by atoms with E-state index in [1.54, 1.807) is 9.80 Å². The van der Waals surface area contributed by atoms with Gasteiger partial charge in [-0.15, -0.1) is 0 Å². The molecule has 0 bridgehead atoms. The molecule has 0 spiro atoms. The van der Waals surface area contributed by atoms with E-state index in [-0.39, 0.29) is 35.3 Å². The SMILES string of the molecule is Nc1c(Br)cc(C[C@@H](NC(=O)N2CCC(N3Cc4ccccc4NC3=O)CC2)C(=O)N2CCN(c3ncc(C(=O)O)s3)CC2)cc1Br. The van der Waals surface area contributed by atoms with Gasteiger partial charge < -0.3 is 41.1 Å². The van der Waals surface area contributed by atoms with Crippen LogP contribution < -0.4 is 21.3 Å². The van der Waals surface area contributed by atoms with Gasteiger partial charge in [0.15, 0.2) is 5.13 Å². The molecule has 5 N–H and O–H groups in total. The Morgan fingerprint density at radius 2 is 1.72 bits per heavy atom. The van der Waals surface area contributed by atoms with Crippen LogP contribution in [-0.2, 0) is 17.8 Å². The molecule has 3 aliphatic rings. The number of piperazine rings is 1. The van der Waals surface area contributed by atoms with Crippen molar-refractivity contribution in [1.29, 1.82) is 0 Å². The van der Waals surface area contributed by atoms with Crippen LogP contribution in [0.4, 0.5) is 26.1 Å². The standard InChI is InChI=1S/C31H34Br2N8O5S/c32-21-13-18(14-22(33)26(21)34)15-24(27(42)38-9-11-40(12-10-38)31-35-16-25(47-31)28(43)44)37-29(45)39-7-5-20(6-8-39)41-17-19-3-1-2-4-23(19)36-30(41)46/h1-4,13-14,16,20,24H,5-12,15,17,34H2,(H,36,46)(H,37,45)(H,43,44)/t24-/m1/s1. The minimum absolute atomic E-state index is 0.00461. The number of nitrogens with one attached hydrogen (secondary N) is 2. The van der Waals surface area contributed by atoms with E-state index in [1.165, 1.54) is 6.20 Å². The van der Waals surface area contributed by atoms with E-state index < -0.39 is 12.0 Å². The van der Waals surface area contributed by atoms with Crippen molar-refractivity contribution in [2.45, 2.75) is 37.9 Å². The van der Waals surface area contributed by atoms with Gasteiger partial charge in [-0.2, -0.15) is 0 Å². The molecule has 1 aromatic heterocycles. The average molecular weight is 791 g/mol. The molecule has 47 heavy (non-hydrogen) atoms. The third kappa shape index (κ3) is 7.33. The van der Waals surface area contributed by atoms with Crippen molar-refractivity contribution < 1.29 is 24.3 Å². The number of amides is 5. The molecule has 248 valence electrons. The van der Waals surface area contributed by atoms with Crippen molar-refractivity contribution in [3.63, 3.8) is 0 Å². The second-order valence-corrected chi connectivity index (χ2v) is 14.5. The van der Waals surface area contributed by atoms with Gasteiger partial charge in [0.25, 0.3) is 0 Å². The first-order valence-electron chi connectivity index (χ1n) is 15.2. The van der Waals surface area contributed by atoms with Gasteiger partial charge >= 0.3 is 18.0 Å². The van der Waals surface area contributed by atoms with Gasteiger partial charge in [-0.25, -0.2) is 19.4 Å². The number of nitrogens with two attached hydrogens (primary N) is 1. The lowest BCUT2D eigenvalue weighted by Gasteiger charge is -2.41. The Morgan fingerprint density at radius 3 is 2.38 bits per heavy atom. The lowest BCUT2D eigenvalue weighted by atomic mass is 10.0. The molecule has 6 rings (SSSR count). The van der Waals surface area contributed by atoms with Crippen LogP contribution in [-0.4, -0.2) is 100 Å². The molecule has 3 aromatic rings. The summed E-state index contributed by atoms with van der Waals surface area (Å²) in [4.78, 5) is 63.4. The molecule has 0 radical (unpaired) electrons. The number of hydrogen-bond acceptors (Lipinski definition) is 8. The van der Waals surface area contributed by atoms with Crippen LogP contribution in [0.15, 0.2) is 51.5 Å².